The Hall–Kier alpha value is -1.78. The molecule has 0 radical (unpaired) electrons. The van der Waals surface area contributed by atoms with Crippen molar-refractivity contribution in [3.8, 4) is 0 Å². The molecule has 0 bridgehead atoms. The smallest absolute Gasteiger partial charge is 0.322 e. The highest BCUT2D eigenvalue weighted by Crippen LogP contribution is 2.20. The third kappa shape index (κ3) is 1.18. The Balaban J connectivity index is 2.32. The lowest BCUT2D eigenvalue weighted by Crippen LogP contribution is -2.22. The Morgan fingerprint density at radius 3 is 2.69 bits per heavy atom. The fourth-order valence-corrected chi connectivity index (χ4v) is 1.33. The topological polar surface area (TPSA) is 71.3 Å². The van der Waals surface area contributed by atoms with E-state index in [2.05, 4.69) is 10.6 Å². The zero-order valence-corrected chi connectivity index (χ0v) is 6.96. The number of urea groups is 1. The molecule has 2 N–H and O–H groups in total. The summed E-state index contributed by atoms with van der Waals surface area (Å²) in [6.07, 6.45) is 1.49. The van der Waals surface area contributed by atoms with Crippen molar-refractivity contribution in [2.75, 3.05) is 0 Å². The van der Waals surface area contributed by atoms with E-state index in [0.717, 1.165) is 0 Å². The van der Waals surface area contributed by atoms with Gasteiger partial charge in [0.25, 0.3) is 5.91 Å². The average Bonchev–Trinajstić information content (AvgIpc) is 2.58. The van der Waals surface area contributed by atoms with Gasteiger partial charge in [-0.05, 0) is 13.0 Å². The van der Waals surface area contributed by atoms with Gasteiger partial charge in [0, 0.05) is 5.56 Å². The van der Waals surface area contributed by atoms with Gasteiger partial charge in [-0.25, -0.2) is 4.79 Å². The lowest BCUT2D eigenvalue weighted by molar-refractivity contribution is -0.120. The second-order valence-electron chi connectivity index (χ2n) is 2.83. The van der Waals surface area contributed by atoms with Crippen molar-refractivity contribution in [3.05, 3.63) is 23.7 Å². The minimum absolute atomic E-state index is 0.338. The number of amides is 3. The van der Waals surface area contributed by atoms with Gasteiger partial charge < -0.3 is 9.73 Å². The number of aryl methyl sites for hydroxylation is 1. The molecule has 13 heavy (non-hydrogen) atoms. The maximum atomic E-state index is 11.2. The van der Waals surface area contributed by atoms with Crippen LogP contribution in [0.25, 0.3) is 0 Å². The Morgan fingerprint density at radius 1 is 1.46 bits per heavy atom. The van der Waals surface area contributed by atoms with Crippen LogP contribution in [0.3, 0.4) is 0 Å². The Labute approximate surface area is 74.1 Å². The molecule has 1 unspecified atom stereocenters. The van der Waals surface area contributed by atoms with Gasteiger partial charge in [0.2, 0.25) is 0 Å². The van der Waals surface area contributed by atoms with E-state index in [1.165, 1.54) is 6.26 Å². The van der Waals surface area contributed by atoms with Crippen LogP contribution in [0.15, 0.2) is 16.7 Å². The van der Waals surface area contributed by atoms with Gasteiger partial charge in [0.05, 0.1) is 6.26 Å². The molecule has 5 nitrogen and oxygen atoms in total. The summed E-state index contributed by atoms with van der Waals surface area (Å²) in [6.45, 7) is 1.74. The zero-order valence-electron chi connectivity index (χ0n) is 6.96. The molecule has 2 heterocycles. The summed E-state index contributed by atoms with van der Waals surface area (Å²) in [4.78, 5) is 22.0. The first-order chi connectivity index (χ1) is 6.18. The first-order valence-corrected chi connectivity index (χ1v) is 3.84. The quantitative estimate of drug-likeness (QED) is 0.617. The largest absolute Gasteiger partial charge is 0.469 e. The Morgan fingerprint density at radius 2 is 2.23 bits per heavy atom. The number of imide groups is 1. The molecule has 1 aliphatic heterocycles. The molecular weight excluding hydrogens is 172 g/mol. The third-order valence-electron chi connectivity index (χ3n) is 1.98. The third-order valence-corrected chi connectivity index (χ3v) is 1.98. The van der Waals surface area contributed by atoms with E-state index in [-0.39, 0.29) is 5.91 Å². The van der Waals surface area contributed by atoms with Gasteiger partial charge in [-0.1, -0.05) is 0 Å². The van der Waals surface area contributed by atoms with Crippen LogP contribution >= 0.6 is 0 Å². The summed E-state index contributed by atoms with van der Waals surface area (Å²) in [7, 11) is 0. The Bertz CT molecular complexity index is 369. The summed E-state index contributed by atoms with van der Waals surface area (Å²) in [5, 5.41) is 4.64. The van der Waals surface area contributed by atoms with Crippen LogP contribution in [-0.2, 0) is 4.79 Å². The van der Waals surface area contributed by atoms with Crippen molar-refractivity contribution in [2.45, 2.75) is 13.0 Å². The predicted octanol–water partition coefficient (Wildman–Crippen LogP) is 0.469. The average molecular weight is 180 g/mol. The predicted molar refractivity (Wildman–Crippen MR) is 42.9 cm³/mol. The molecule has 5 heteroatoms. The van der Waals surface area contributed by atoms with Crippen LogP contribution in [-0.4, -0.2) is 11.9 Å². The van der Waals surface area contributed by atoms with Gasteiger partial charge in [-0.15, -0.1) is 0 Å². The molecule has 68 valence electrons. The van der Waals surface area contributed by atoms with Crippen LogP contribution in [0.4, 0.5) is 4.79 Å². The van der Waals surface area contributed by atoms with Crippen LogP contribution in [0.1, 0.15) is 17.4 Å². The van der Waals surface area contributed by atoms with E-state index in [1.54, 1.807) is 13.0 Å². The molecule has 1 aliphatic rings. The molecule has 2 rings (SSSR count). The number of hydrogen-bond donors (Lipinski definition) is 2. The first-order valence-electron chi connectivity index (χ1n) is 3.84. The SMILES string of the molecule is Cc1occc1C1NC(=O)NC1=O. The second kappa shape index (κ2) is 2.62. The molecule has 1 aromatic heterocycles. The number of rotatable bonds is 1. The number of carbonyl (C=O) groups is 2. The zero-order chi connectivity index (χ0) is 9.42. The number of carbonyl (C=O) groups excluding carboxylic acids is 2. The van der Waals surface area contributed by atoms with Crippen LogP contribution in [0.2, 0.25) is 0 Å². The molecule has 1 atom stereocenters. The van der Waals surface area contributed by atoms with Gasteiger partial charge in [0.1, 0.15) is 11.8 Å². The Kier molecular flexibility index (Phi) is 1.58. The number of furan rings is 1. The maximum Gasteiger partial charge on any atom is 0.322 e. The fraction of sp³-hybridized carbons (Fsp3) is 0.250. The number of nitrogens with one attached hydrogen (secondary N) is 2. The molecule has 1 saturated heterocycles. The molecular formula is C8H8N2O3. The summed E-state index contributed by atoms with van der Waals surface area (Å²) >= 11 is 0. The lowest BCUT2D eigenvalue weighted by Gasteiger charge is -2.03. The van der Waals surface area contributed by atoms with Gasteiger partial charge >= 0.3 is 6.03 Å². The van der Waals surface area contributed by atoms with Crippen molar-refractivity contribution >= 4 is 11.9 Å². The van der Waals surface area contributed by atoms with Crippen molar-refractivity contribution < 1.29 is 14.0 Å². The van der Waals surface area contributed by atoms with Crippen molar-refractivity contribution in [1.29, 1.82) is 0 Å². The monoisotopic (exact) mass is 180 g/mol. The summed E-state index contributed by atoms with van der Waals surface area (Å²) < 4.78 is 5.03. The molecule has 1 aromatic rings. The molecule has 1 fully saturated rings. The molecule has 0 aromatic carbocycles. The van der Waals surface area contributed by atoms with Crippen molar-refractivity contribution in [3.63, 3.8) is 0 Å². The summed E-state index contributed by atoms with van der Waals surface area (Å²) in [6, 6.07) is 0.604. The normalized spacial score (nSPS) is 21.5. The highest BCUT2D eigenvalue weighted by Gasteiger charge is 2.32. The molecule has 3 amide bonds. The van der Waals surface area contributed by atoms with E-state index >= 15 is 0 Å². The van der Waals surface area contributed by atoms with E-state index in [4.69, 9.17) is 4.42 Å². The van der Waals surface area contributed by atoms with Gasteiger partial charge in [-0.2, -0.15) is 0 Å². The van der Waals surface area contributed by atoms with E-state index < -0.39 is 12.1 Å². The maximum absolute atomic E-state index is 11.2. The van der Waals surface area contributed by atoms with Crippen molar-refractivity contribution in [2.24, 2.45) is 0 Å². The van der Waals surface area contributed by atoms with E-state index in [0.29, 0.717) is 11.3 Å². The van der Waals surface area contributed by atoms with Crippen LogP contribution in [0, 0.1) is 6.92 Å². The number of hydrogen-bond acceptors (Lipinski definition) is 3. The van der Waals surface area contributed by atoms with E-state index in [1.807, 2.05) is 0 Å². The fourth-order valence-electron chi connectivity index (χ4n) is 1.33. The minimum Gasteiger partial charge on any atom is -0.469 e. The summed E-state index contributed by atoms with van der Waals surface area (Å²) in [5.74, 6) is 0.303. The standard InChI is InChI=1S/C8H8N2O3/c1-4-5(2-3-13-4)6-7(11)10-8(12)9-6/h2-3,6H,1H3,(H2,9,10,11,12). The molecule has 0 saturated carbocycles. The van der Waals surface area contributed by atoms with Crippen molar-refractivity contribution in [1.82, 2.24) is 10.6 Å². The minimum atomic E-state index is -0.605. The highest BCUT2D eigenvalue weighted by molar-refractivity contribution is 6.04. The first kappa shape index (κ1) is 7.85. The molecule has 0 aliphatic carbocycles. The van der Waals surface area contributed by atoms with Crippen LogP contribution < -0.4 is 10.6 Å². The van der Waals surface area contributed by atoms with Crippen LogP contribution in [0.5, 0.6) is 0 Å². The lowest BCUT2D eigenvalue weighted by atomic mass is 10.1. The van der Waals surface area contributed by atoms with E-state index in [9.17, 15) is 9.59 Å². The second-order valence-corrected chi connectivity index (χ2v) is 2.83. The van der Waals surface area contributed by atoms with Gasteiger partial charge in [0.15, 0.2) is 0 Å². The highest BCUT2D eigenvalue weighted by atomic mass is 16.3. The molecule has 0 spiro atoms. The van der Waals surface area contributed by atoms with Gasteiger partial charge in [-0.3, -0.25) is 10.1 Å². The summed E-state index contributed by atoms with van der Waals surface area (Å²) in [5.41, 5.74) is 0.698.